The van der Waals surface area contributed by atoms with E-state index in [4.69, 9.17) is 4.42 Å². The fraction of sp³-hybridized carbons (Fsp3) is 0.472. The van der Waals surface area contributed by atoms with E-state index in [1.165, 1.54) is 178 Å². The van der Waals surface area contributed by atoms with Crippen LogP contribution in [0.3, 0.4) is 0 Å². The van der Waals surface area contributed by atoms with E-state index in [-0.39, 0.29) is 5.41 Å². The van der Waals surface area contributed by atoms with Gasteiger partial charge in [-0.3, -0.25) is 4.57 Å². The lowest BCUT2D eigenvalue weighted by Gasteiger charge is -2.35. The maximum atomic E-state index is 7.11. The number of nitrogens with zero attached hydrogens (tertiary/aromatic N) is 2. The van der Waals surface area contributed by atoms with Gasteiger partial charge in [0.25, 0.3) is 0 Å². The molecule has 3 aromatic heterocycles. The van der Waals surface area contributed by atoms with Gasteiger partial charge in [0.15, 0.2) is 5.58 Å². The lowest BCUT2D eigenvalue weighted by Crippen LogP contribution is -2.29. The number of rotatable bonds is 5. The predicted octanol–water partition coefficient (Wildman–Crippen LogP) is 16.3. The Morgan fingerprint density at radius 3 is 1.54 bits per heavy atom. The molecular formula is C53H64N2O. The molecule has 3 heterocycles. The van der Waals surface area contributed by atoms with E-state index in [9.17, 15) is 0 Å². The predicted molar refractivity (Wildman–Crippen MR) is 239 cm³/mol. The fourth-order valence-electron chi connectivity index (χ4n) is 10.9. The maximum absolute atomic E-state index is 7.11. The highest BCUT2D eigenvalue weighted by Crippen LogP contribution is 2.45. The quantitative estimate of drug-likeness (QED) is 0.172. The molecule has 0 bridgehead atoms. The molecule has 2 aliphatic carbocycles. The zero-order valence-electron chi connectivity index (χ0n) is 34.3. The molecule has 4 aromatic carbocycles. The van der Waals surface area contributed by atoms with E-state index in [1.54, 1.807) is 0 Å². The molecule has 56 heavy (non-hydrogen) atoms. The average molecular weight is 745 g/mol. The number of fused-ring (bicyclic) bond motifs is 7. The van der Waals surface area contributed by atoms with Crippen LogP contribution in [0.15, 0.2) is 101 Å². The Morgan fingerprint density at radius 2 is 0.946 bits per heavy atom. The second-order valence-corrected chi connectivity index (χ2v) is 18.2. The summed E-state index contributed by atoms with van der Waals surface area (Å²) in [7, 11) is 0. The Balaban J connectivity index is 1.10. The molecule has 0 aliphatic heterocycles. The second-order valence-electron chi connectivity index (χ2n) is 18.2. The standard InChI is InChI=1S/C53H64N2O/c1-53(2,41-25-17-13-9-5-6-10-14-18-26-41)42-33-37-44(38-34-42)55-47-29-21-19-27-45(47)49-50-51(56-52(49)55)46-28-20-22-30-48(46)54(50)43-35-31-40(32-36-43)39-23-15-11-7-3-4-8-12-16-24-39/h19-22,27-39,41H,3-18,23-26H2,1-2H3. The Bertz CT molecular complexity index is 2340. The molecule has 292 valence electrons. The van der Waals surface area contributed by atoms with Gasteiger partial charge in [-0.15, -0.1) is 0 Å². The molecule has 0 atom stereocenters. The Morgan fingerprint density at radius 1 is 0.482 bits per heavy atom. The molecule has 2 saturated carbocycles. The summed E-state index contributed by atoms with van der Waals surface area (Å²) < 4.78 is 12.0. The molecule has 2 fully saturated rings. The lowest BCUT2D eigenvalue weighted by atomic mass is 9.69. The number of aromatic nitrogens is 2. The molecule has 3 heteroatoms. The van der Waals surface area contributed by atoms with Crippen molar-refractivity contribution >= 4 is 44.0 Å². The first-order chi connectivity index (χ1) is 27.6. The van der Waals surface area contributed by atoms with Crippen LogP contribution >= 0.6 is 0 Å². The zero-order valence-corrected chi connectivity index (χ0v) is 34.3. The van der Waals surface area contributed by atoms with Gasteiger partial charge in [0.2, 0.25) is 5.71 Å². The van der Waals surface area contributed by atoms with E-state index in [1.807, 2.05) is 0 Å². The van der Waals surface area contributed by atoms with Crippen molar-refractivity contribution < 1.29 is 4.42 Å². The molecule has 7 aromatic rings. The van der Waals surface area contributed by atoms with Crippen LogP contribution in [0.25, 0.3) is 55.4 Å². The van der Waals surface area contributed by atoms with Crippen molar-refractivity contribution in [2.75, 3.05) is 0 Å². The smallest absolute Gasteiger partial charge is 0.215 e. The topological polar surface area (TPSA) is 23.0 Å². The zero-order chi connectivity index (χ0) is 37.9. The van der Waals surface area contributed by atoms with Crippen molar-refractivity contribution in [2.24, 2.45) is 5.92 Å². The van der Waals surface area contributed by atoms with Crippen LogP contribution in [0.5, 0.6) is 0 Å². The van der Waals surface area contributed by atoms with E-state index < -0.39 is 0 Å². The van der Waals surface area contributed by atoms with Crippen LogP contribution in [0.1, 0.15) is 159 Å². The fourth-order valence-corrected chi connectivity index (χ4v) is 10.9. The minimum absolute atomic E-state index is 0.139. The minimum Gasteiger partial charge on any atom is -0.437 e. The average Bonchev–Trinajstić information content (AvgIpc) is 3.83. The Kier molecular flexibility index (Phi) is 11.1. The van der Waals surface area contributed by atoms with Gasteiger partial charge < -0.3 is 8.98 Å². The molecule has 0 amide bonds. The van der Waals surface area contributed by atoms with Crippen molar-refractivity contribution in [1.29, 1.82) is 0 Å². The highest BCUT2D eigenvalue weighted by atomic mass is 16.3. The number of hydrogen-bond acceptors (Lipinski definition) is 1. The van der Waals surface area contributed by atoms with Gasteiger partial charge in [-0.05, 0) is 96.5 Å². The molecule has 0 spiro atoms. The van der Waals surface area contributed by atoms with Crippen LogP contribution in [0.4, 0.5) is 0 Å². The highest BCUT2D eigenvalue weighted by molar-refractivity contribution is 6.24. The molecule has 0 saturated heterocycles. The first-order valence-corrected chi connectivity index (χ1v) is 22.8. The maximum Gasteiger partial charge on any atom is 0.215 e. The highest BCUT2D eigenvalue weighted by Gasteiger charge is 2.31. The van der Waals surface area contributed by atoms with Gasteiger partial charge in [-0.1, -0.05) is 171 Å². The van der Waals surface area contributed by atoms with Crippen LogP contribution < -0.4 is 0 Å². The summed E-state index contributed by atoms with van der Waals surface area (Å²) in [6.07, 6.45) is 27.6. The van der Waals surface area contributed by atoms with Crippen molar-refractivity contribution in [2.45, 2.75) is 154 Å². The third kappa shape index (κ3) is 7.25. The van der Waals surface area contributed by atoms with E-state index in [2.05, 4.69) is 120 Å². The van der Waals surface area contributed by atoms with Gasteiger partial charge in [-0.2, -0.15) is 0 Å². The summed E-state index contributed by atoms with van der Waals surface area (Å²) >= 11 is 0. The monoisotopic (exact) mass is 745 g/mol. The molecule has 0 N–H and O–H groups in total. The van der Waals surface area contributed by atoms with Crippen molar-refractivity contribution in [1.82, 2.24) is 9.13 Å². The summed E-state index contributed by atoms with van der Waals surface area (Å²) in [5, 5.41) is 3.60. The van der Waals surface area contributed by atoms with E-state index >= 15 is 0 Å². The number of furan rings is 1. The Labute approximate surface area is 335 Å². The normalized spacial score (nSPS) is 18.4. The van der Waals surface area contributed by atoms with Crippen LogP contribution in [0.2, 0.25) is 0 Å². The van der Waals surface area contributed by atoms with Crippen LogP contribution in [-0.4, -0.2) is 9.13 Å². The third-order valence-corrected chi connectivity index (χ3v) is 14.3. The minimum atomic E-state index is 0.139. The second kappa shape index (κ2) is 16.7. The molecule has 0 unspecified atom stereocenters. The first kappa shape index (κ1) is 37.3. The molecule has 9 rings (SSSR count). The van der Waals surface area contributed by atoms with E-state index in [0.29, 0.717) is 11.8 Å². The molecule has 0 radical (unpaired) electrons. The van der Waals surface area contributed by atoms with Gasteiger partial charge in [0.05, 0.1) is 16.4 Å². The third-order valence-electron chi connectivity index (χ3n) is 14.3. The molecular weight excluding hydrogens is 681 g/mol. The van der Waals surface area contributed by atoms with Crippen LogP contribution in [0, 0.1) is 5.92 Å². The summed E-state index contributed by atoms with van der Waals surface area (Å²) in [6, 6.07) is 36.9. The number of benzene rings is 4. The van der Waals surface area contributed by atoms with Gasteiger partial charge in [-0.25, -0.2) is 0 Å². The summed E-state index contributed by atoms with van der Waals surface area (Å²) in [5.74, 6) is 1.38. The summed E-state index contributed by atoms with van der Waals surface area (Å²) in [5.41, 5.74) is 10.9. The summed E-state index contributed by atoms with van der Waals surface area (Å²) in [4.78, 5) is 0. The SMILES string of the molecule is CC(C)(c1ccc(-n2c3ccccc3c3c2oc2c4ccccc4n(-c4ccc(C5CCCCCCCCCC5)cc4)c23)cc1)C1CCCCCCCCCC1. The van der Waals surface area contributed by atoms with Gasteiger partial charge in [0.1, 0.15) is 5.52 Å². The van der Waals surface area contributed by atoms with Gasteiger partial charge >= 0.3 is 0 Å². The molecule has 2 aliphatic rings. The molecule has 3 nitrogen and oxygen atoms in total. The largest absolute Gasteiger partial charge is 0.437 e. The van der Waals surface area contributed by atoms with Crippen molar-refractivity contribution in [3.8, 4) is 11.4 Å². The number of para-hydroxylation sites is 2. The van der Waals surface area contributed by atoms with Crippen molar-refractivity contribution in [3.63, 3.8) is 0 Å². The lowest BCUT2D eigenvalue weighted by molar-refractivity contribution is 0.266. The number of hydrogen-bond donors (Lipinski definition) is 0. The van der Waals surface area contributed by atoms with Crippen molar-refractivity contribution in [3.05, 3.63) is 108 Å². The summed E-state index contributed by atoms with van der Waals surface area (Å²) in [6.45, 7) is 5.01. The van der Waals surface area contributed by atoms with Crippen LogP contribution in [-0.2, 0) is 5.41 Å². The first-order valence-electron chi connectivity index (χ1n) is 22.8. The van der Waals surface area contributed by atoms with Gasteiger partial charge in [0, 0.05) is 22.1 Å². The van der Waals surface area contributed by atoms with E-state index in [0.717, 1.165) is 17.0 Å². The Hall–Kier alpha value is -4.24.